The van der Waals surface area contributed by atoms with Gasteiger partial charge in [-0.1, -0.05) is 0 Å². The van der Waals surface area contributed by atoms with E-state index in [4.69, 9.17) is 10.5 Å². The van der Waals surface area contributed by atoms with Crippen LogP contribution in [0, 0.1) is 6.92 Å². The normalized spacial score (nSPS) is 26.2. The Bertz CT molecular complexity index is 402. The standard InChI is InChI=1S/C14H24N2OS/c1-10-5-6-18-13(10)12(7-15)16-8-11(2)17-14(3,4)9-16/h5-6,11-12H,7-9,15H2,1-4H3. The second-order valence-corrected chi connectivity index (χ2v) is 6.78. The van der Waals surface area contributed by atoms with Crippen LogP contribution in [0.2, 0.25) is 0 Å². The highest BCUT2D eigenvalue weighted by Gasteiger charge is 2.35. The van der Waals surface area contributed by atoms with Gasteiger partial charge in [0.15, 0.2) is 0 Å². The minimum absolute atomic E-state index is 0.0871. The topological polar surface area (TPSA) is 38.5 Å². The summed E-state index contributed by atoms with van der Waals surface area (Å²) in [5.41, 5.74) is 7.29. The number of nitrogens with zero attached hydrogens (tertiary/aromatic N) is 1. The van der Waals surface area contributed by atoms with E-state index in [-0.39, 0.29) is 11.7 Å². The van der Waals surface area contributed by atoms with Gasteiger partial charge in [-0.2, -0.15) is 0 Å². The highest BCUT2D eigenvalue weighted by atomic mass is 32.1. The van der Waals surface area contributed by atoms with E-state index in [1.807, 2.05) is 11.3 Å². The lowest BCUT2D eigenvalue weighted by Crippen LogP contribution is -2.53. The van der Waals surface area contributed by atoms with Crippen LogP contribution in [0.3, 0.4) is 0 Å². The quantitative estimate of drug-likeness (QED) is 0.915. The Hall–Kier alpha value is -0.420. The zero-order valence-corrected chi connectivity index (χ0v) is 12.6. The van der Waals surface area contributed by atoms with Crippen LogP contribution in [0.15, 0.2) is 11.4 Å². The first-order chi connectivity index (χ1) is 8.43. The average molecular weight is 268 g/mol. The van der Waals surface area contributed by atoms with Crippen LogP contribution in [0.25, 0.3) is 0 Å². The third kappa shape index (κ3) is 2.94. The Morgan fingerprint density at radius 2 is 2.33 bits per heavy atom. The molecule has 0 aromatic carbocycles. The number of morpholine rings is 1. The van der Waals surface area contributed by atoms with Gasteiger partial charge in [0, 0.05) is 24.5 Å². The van der Waals surface area contributed by atoms with E-state index in [1.54, 1.807) is 0 Å². The van der Waals surface area contributed by atoms with Crippen molar-refractivity contribution in [2.75, 3.05) is 19.6 Å². The van der Waals surface area contributed by atoms with Crippen LogP contribution in [0.4, 0.5) is 0 Å². The van der Waals surface area contributed by atoms with E-state index >= 15 is 0 Å². The van der Waals surface area contributed by atoms with E-state index in [0.29, 0.717) is 12.6 Å². The van der Waals surface area contributed by atoms with E-state index in [2.05, 4.69) is 44.0 Å². The number of thiophene rings is 1. The number of aryl methyl sites for hydroxylation is 1. The second kappa shape index (κ2) is 5.29. The van der Waals surface area contributed by atoms with Crippen molar-refractivity contribution in [1.29, 1.82) is 0 Å². The van der Waals surface area contributed by atoms with Gasteiger partial charge < -0.3 is 10.5 Å². The molecule has 0 amide bonds. The molecule has 0 bridgehead atoms. The maximum atomic E-state index is 6.02. The first-order valence-corrected chi connectivity index (χ1v) is 7.47. The van der Waals surface area contributed by atoms with Crippen molar-refractivity contribution >= 4 is 11.3 Å². The number of rotatable bonds is 3. The Morgan fingerprint density at radius 1 is 1.61 bits per heavy atom. The van der Waals surface area contributed by atoms with Gasteiger partial charge in [-0.3, -0.25) is 4.90 Å². The van der Waals surface area contributed by atoms with E-state index < -0.39 is 0 Å². The molecule has 18 heavy (non-hydrogen) atoms. The molecule has 1 aromatic rings. The molecule has 1 aromatic heterocycles. The van der Waals surface area contributed by atoms with Crippen LogP contribution in [-0.4, -0.2) is 36.2 Å². The molecule has 0 radical (unpaired) electrons. The van der Waals surface area contributed by atoms with Crippen LogP contribution >= 0.6 is 11.3 Å². The third-order valence-electron chi connectivity index (χ3n) is 3.46. The molecule has 0 aliphatic carbocycles. The number of ether oxygens (including phenoxy) is 1. The molecular formula is C14H24N2OS. The number of hydrogen-bond acceptors (Lipinski definition) is 4. The lowest BCUT2D eigenvalue weighted by molar-refractivity contribution is -0.137. The predicted molar refractivity (Wildman–Crippen MR) is 77.1 cm³/mol. The third-order valence-corrected chi connectivity index (χ3v) is 4.58. The largest absolute Gasteiger partial charge is 0.370 e. The molecule has 1 saturated heterocycles. The van der Waals surface area contributed by atoms with Gasteiger partial charge in [-0.05, 0) is 44.7 Å². The van der Waals surface area contributed by atoms with Gasteiger partial charge in [-0.15, -0.1) is 11.3 Å². The summed E-state index contributed by atoms with van der Waals surface area (Å²) in [7, 11) is 0. The van der Waals surface area contributed by atoms with Gasteiger partial charge in [0.2, 0.25) is 0 Å². The monoisotopic (exact) mass is 268 g/mol. The van der Waals surface area contributed by atoms with Gasteiger partial charge in [-0.25, -0.2) is 0 Å². The summed E-state index contributed by atoms with van der Waals surface area (Å²) in [5, 5.41) is 2.16. The van der Waals surface area contributed by atoms with Gasteiger partial charge >= 0.3 is 0 Å². The highest BCUT2D eigenvalue weighted by molar-refractivity contribution is 7.10. The minimum atomic E-state index is -0.0871. The van der Waals surface area contributed by atoms with Gasteiger partial charge in [0.1, 0.15) is 0 Å². The minimum Gasteiger partial charge on any atom is -0.370 e. The average Bonchev–Trinajstić information content (AvgIpc) is 2.63. The molecule has 1 fully saturated rings. The summed E-state index contributed by atoms with van der Waals surface area (Å²) < 4.78 is 5.97. The van der Waals surface area contributed by atoms with Gasteiger partial charge in [0.05, 0.1) is 17.7 Å². The molecule has 3 nitrogen and oxygen atoms in total. The molecule has 102 valence electrons. The predicted octanol–water partition coefficient (Wildman–Crippen LogP) is 2.56. The van der Waals surface area contributed by atoms with Crippen molar-refractivity contribution in [1.82, 2.24) is 4.90 Å². The Labute approximate surface area is 114 Å². The second-order valence-electron chi connectivity index (χ2n) is 5.84. The fourth-order valence-corrected chi connectivity index (χ4v) is 3.96. The molecule has 0 saturated carbocycles. The maximum absolute atomic E-state index is 6.02. The first-order valence-electron chi connectivity index (χ1n) is 6.59. The van der Waals surface area contributed by atoms with Crippen LogP contribution < -0.4 is 5.73 Å². The SMILES string of the molecule is Cc1ccsc1C(CN)N1CC(C)OC(C)(C)C1. The Kier molecular flexibility index (Phi) is 4.11. The Balaban J connectivity index is 2.20. The number of hydrogen-bond donors (Lipinski definition) is 1. The summed E-state index contributed by atoms with van der Waals surface area (Å²) in [6.07, 6.45) is 0.267. The fraction of sp³-hybridized carbons (Fsp3) is 0.714. The Morgan fingerprint density at radius 3 is 2.83 bits per heavy atom. The summed E-state index contributed by atoms with van der Waals surface area (Å²) in [4.78, 5) is 3.88. The molecule has 2 rings (SSSR count). The maximum Gasteiger partial charge on any atom is 0.0757 e. The molecular weight excluding hydrogens is 244 g/mol. The summed E-state index contributed by atoms with van der Waals surface area (Å²) in [6, 6.07) is 2.51. The lowest BCUT2D eigenvalue weighted by atomic mass is 10.0. The van der Waals surface area contributed by atoms with E-state index in [9.17, 15) is 0 Å². The highest BCUT2D eigenvalue weighted by Crippen LogP contribution is 2.32. The molecule has 2 unspecified atom stereocenters. The van der Waals surface area contributed by atoms with Crippen molar-refractivity contribution in [3.05, 3.63) is 21.9 Å². The van der Waals surface area contributed by atoms with E-state index in [1.165, 1.54) is 10.4 Å². The fourth-order valence-electron chi connectivity index (χ4n) is 2.89. The first kappa shape index (κ1) is 14.0. The zero-order valence-electron chi connectivity index (χ0n) is 11.8. The summed E-state index contributed by atoms with van der Waals surface area (Å²) in [5.74, 6) is 0. The smallest absolute Gasteiger partial charge is 0.0757 e. The molecule has 4 heteroatoms. The number of nitrogens with two attached hydrogens (primary N) is 1. The van der Waals surface area contributed by atoms with Crippen molar-refractivity contribution in [2.24, 2.45) is 5.73 Å². The molecule has 2 N–H and O–H groups in total. The molecule has 1 aliphatic rings. The van der Waals surface area contributed by atoms with Crippen LogP contribution in [-0.2, 0) is 4.74 Å². The van der Waals surface area contributed by atoms with Crippen molar-refractivity contribution in [3.63, 3.8) is 0 Å². The van der Waals surface area contributed by atoms with Crippen molar-refractivity contribution in [3.8, 4) is 0 Å². The zero-order chi connectivity index (χ0) is 13.3. The molecule has 2 atom stereocenters. The van der Waals surface area contributed by atoms with Crippen molar-refractivity contribution < 1.29 is 4.74 Å². The van der Waals surface area contributed by atoms with Crippen molar-refractivity contribution in [2.45, 2.75) is 45.4 Å². The molecule has 1 aliphatic heterocycles. The van der Waals surface area contributed by atoms with Crippen LogP contribution in [0.1, 0.15) is 37.3 Å². The molecule has 0 spiro atoms. The lowest BCUT2D eigenvalue weighted by Gasteiger charge is -2.44. The summed E-state index contributed by atoms with van der Waals surface area (Å²) >= 11 is 1.81. The molecule has 2 heterocycles. The van der Waals surface area contributed by atoms with Gasteiger partial charge in [0.25, 0.3) is 0 Å². The van der Waals surface area contributed by atoms with E-state index in [0.717, 1.165) is 13.1 Å². The van der Waals surface area contributed by atoms with Crippen LogP contribution in [0.5, 0.6) is 0 Å². The summed E-state index contributed by atoms with van der Waals surface area (Å²) in [6.45, 7) is 11.2.